The molecule has 0 bridgehead atoms. The molecular formula is C27H28N2O5. The van der Waals surface area contributed by atoms with Gasteiger partial charge in [-0.2, -0.15) is 0 Å². The lowest BCUT2D eigenvalue weighted by molar-refractivity contribution is -0.133. The number of benzene rings is 3. The summed E-state index contributed by atoms with van der Waals surface area (Å²) in [6.07, 6.45) is 0. The van der Waals surface area contributed by atoms with Gasteiger partial charge in [-0.15, -0.1) is 0 Å². The number of esters is 1. The Morgan fingerprint density at radius 3 is 2.38 bits per heavy atom. The number of carbonyl (C=O) groups is 3. The molecular weight excluding hydrogens is 432 g/mol. The van der Waals surface area contributed by atoms with E-state index in [0.29, 0.717) is 24.4 Å². The molecule has 0 saturated carbocycles. The smallest absolute Gasteiger partial charge is 0.340 e. The molecule has 0 fully saturated rings. The molecule has 0 saturated heterocycles. The number of amides is 2. The fourth-order valence-electron chi connectivity index (χ4n) is 3.29. The second kappa shape index (κ2) is 11.7. The number of nitrogens with zero attached hydrogens (tertiary/aromatic N) is 1. The summed E-state index contributed by atoms with van der Waals surface area (Å²) >= 11 is 0. The summed E-state index contributed by atoms with van der Waals surface area (Å²) in [4.78, 5) is 39.2. The van der Waals surface area contributed by atoms with Crippen LogP contribution in [0.1, 0.15) is 38.8 Å². The molecule has 7 heteroatoms. The van der Waals surface area contributed by atoms with Crippen LogP contribution in [0.5, 0.6) is 5.75 Å². The molecule has 3 aromatic carbocycles. The molecule has 0 spiro atoms. The first kappa shape index (κ1) is 24.5. The van der Waals surface area contributed by atoms with Crippen molar-refractivity contribution in [2.24, 2.45) is 0 Å². The zero-order valence-corrected chi connectivity index (χ0v) is 19.5. The third-order valence-electron chi connectivity index (χ3n) is 5.08. The summed E-state index contributed by atoms with van der Waals surface area (Å²) in [7, 11) is 1.64. The molecule has 2 amide bonds. The van der Waals surface area contributed by atoms with Crippen LogP contribution < -0.4 is 10.1 Å². The zero-order valence-electron chi connectivity index (χ0n) is 19.5. The van der Waals surface area contributed by atoms with Crippen molar-refractivity contribution in [1.29, 1.82) is 0 Å². The van der Waals surface area contributed by atoms with Crippen molar-refractivity contribution in [1.82, 2.24) is 4.90 Å². The van der Waals surface area contributed by atoms with Gasteiger partial charge in [-0.05, 0) is 55.8 Å². The van der Waals surface area contributed by atoms with Gasteiger partial charge in [-0.25, -0.2) is 4.79 Å². The van der Waals surface area contributed by atoms with Gasteiger partial charge in [0.1, 0.15) is 5.75 Å². The zero-order chi connectivity index (χ0) is 24.5. The Balaban J connectivity index is 1.58. The fourth-order valence-corrected chi connectivity index (χ4v) is 3.29. The summed E-state index contributed by atoms with van der Waals surface area (Å²) in [5, 5.41) is 2.75. The molecule has 1 N–H and O–H groups in total. The van der Waals surface area contributed by atoms with Crippen molar-refractivity contribution < 1.29 is 23.9 Å². The molecule has 0 atom stereocenters. The molecule has 34 heavy (non-hydrogen) atoms. The number of likely N-dealkylation sites (N-methyl/N-ethyl adjacent to an activating group) is 1. The van der Waals surface area contributed by atoms with Crippen LogP contribution >= 0.6 is 0 Å². The van der Waals surface area contributed by atoms with Crippen molar-refractivity contribution in [3.63, 3.8) is 0 Å². The highest BCUT2D eigenvalue weighted by atomic mass is 16.5. The van der Waals surface area contributed by atoms with Gasteiger partial charge in [0.25, 0.3) is 11.8 Å². The van der Waals surface area contributed by atoms with Gasteiger partial charge >= 0.3 is 5.97 Å². The summed E-state index contributed by atoms with van der Waals surface area (Å²) in [5.74, 6) is -0.607. The van der Waals surface area contributed by atoms with Gasteiger partial charge in [-0.1, -0.05) is 42.0 Å². The van der Waals surface area contributed by atoms with E-state index in [9.17, 15) is 14.4 Å². The molecule has 0 radical (unpaired) electrons. The maximum atomic E-state index is 12.7. The molecule has 0 aromatic heterocycles. The monoisotopic (exact) mass is 460 g/mol. The molecule has 176 valence electrons. The van der Waals surface area contributed by atoms with Crippen LogP contribution in [0.15, 0.2) is 72.8 Å². The average Bonchev–Trinajstić information content (AvgIpc) is 2.84. The molecule has 3 aromatic rings. The minimum absolute atomic E-state index is 0.172. The Hall–Kier alpha value is -4.13. The van der Waals surface area contributed by atoms with Crippen LogP contribution in [0.4, 0.5) is 5.69 Å². The van der Waals surface area contributed by atoms with Crippen LogP contribution in [0.3, 0.4) is 0 Å². The van der Waals surface area contributed by atoms with E-state index in [1.54, 1.807) is 49.5 Å². The Labute approximate surface area is 199 Å². The molecule has 0 unspecified atom stereocenters. The lowest BCUT2D eigenvalue weighted by atomic mass is 10.1. The maximum absolute atomic E-state index is 12.7. The van der Waals surface area contributed by atoms with Crippen molar-refractivity contribution in [3.05, 3.63) is 95.1 Å². The second-order valence-electron chi connectivity index (χ2n) is 7.77. The summed E-state index contributed by atoms with van der Waals surface area (Å²) in [6, 6.07) is 21.1. The molecule has 3 rings (SSSR count). The first-order chi connectivity index (χ1) is 16.4. The van der Waals surface area contributed by atoms with E-state index < -0.39 is 12.6 Å². The number of anilines is 1. The number of para-hydroxylation sites is 1. The Morgan fingerprint density at radius 2 is 1.68 bits per heavy atom. The van der Waals surface area contributed by atoms with Crippen molar-refractivity contribution in [2.75, 3.05) is 25.6 Å². The van der Waals surface area contributed by atoms with E-state index in [1.807, 2.05) is 44.2 Å². The first-order valence-electron chi connectivity index (χ1n) is 11.0. The molecule has 0 aliphatic carbocycles. The maximum Gasteiger partial charge on any atom is 0.340 e. The van der Waals surface area contributed by atoms with Crippen LogP contribution in [0.25, 0.3) is 0 Å². The van der Waals surface area contributed by atoms with E-state index in [1.165, 1.54) is 4.90 Å². The number of hydrogen-bond donors (Lipinski definition) is 1. The molecule has 7 nitrogen and oxygen atoms in total. The predicted octanol–water partition coefficient (Wildman–Crippen LogP) is 4.46. The van der Waals surface area contributed by atoms with Gasteiger partial charge in [0.05, 0.1) is 17.9 Å². The minimum Gasteiger partial charge on any atom is -0.494 e. The van der Waals surface area contributed by atoms with Crippen LogP contribution in [0, 0.1) is 6.92 Å². The van der Waals surface area contributed by atoms with E-state index in [4.69, 9.17) is 9.47 Å². The van der Waals surface area contributed by atoms with Crippen LogP contribution in [0.2, 0.25) is 0 Å². The Morgan fingerprint density at radius 1 is 0.941 bits per heavy atom. The normalized spacial score (nSPS) is 10.3. The Bertz CT molecular complexity index is 1160. The van der Waals surface area contributed by atoms with Gasteiger partial charge in [-0.3, -0.25) is 9.59 Å². The third kappa shape index (κ3) is 6.68. The lowest BCUT2D eigenvalue weighted by Gasteiger charge is -2.18. The number of aryl methyl sites for hydroxylation is 1. The predicted molar refractivity (Wildman–Crippen MR) is 130 cm³/mol. The largest absolute Gasteiger partial charge is 0.494 e. The van der Waals surface area contributed by atoms with Crippen LogP contribution in [-0.4, -0.2) is 42.9 Å². The highest BCUT2D eigenvalue weighted by Gasteiger charge is 2.18. The number of nitrogens with one attached hydrogen (secondary N) is 1. The third-order valence-corrected chi connectivity index (χ3v) is 5.08. The number of carbonyl (C=O) groups excluding carboxylic acids is 3. The summed E-state index contributed by atoms with van der Waals surface area (Å²) in [5.41, 5.74) is 2.84. The van der Waals surface area contributed by atoms with Crippen molar-refractivity contribution >= 4 is 23.5 Å². The average molecular weight is 461 g/mol. The van der Waals surface area contributed by atoms with Gasteiger partial charge < -0.3 is 19.7 Å². The van der Waals surface area contributed by atoms with Crippen molar-refractivity contribution in [3.8, 4) is 5.75 Å². The standard InChI is InChI=1S/C27H28N2O5/c1-4-33-22-14-12-20(13-15-22)17-29(3)25(30)18-34-27(32)23-10-5-6-11-24(23)28-26(31)21-9-7-8-19(2)16-21/h5-16H,4,17-18H2,1-3H3,(H,28,31). The Kier molecular flexibility index (Phi) is 8.40. The van der Waals surface area contributed by atoms with E-state index >= 15 is 0 Å². The van der Waals surface area contributed by atoms with E-state index in [-0.39, 0.29) is 17.4 Å². The van der Waals surface area contributed by atoms with Gasteiger partial charge in [0, 0.05) is 19.2 Å². The van der Waals surface area contributed by atoms with E-state index in [0.717, 1.165) is 16.9 Å². The SMILES string of the molecule is CCOc1ccc(CN(C)C(=O)COC(=O)c2ccccc2NC(=O)c2cccc(C)c2)cc1. The van der Waals surface area contributed by atoms with E-state index in [2.05, 4.69) is 5.32 Å². The lowest BCUT2D eigenvalue weighted by Crippen LogP contribution is -2.31. The van der Waals surface area contributed by atoms with Crippen LogP contribution in [-0.2, 0) is 16.1 Å². The topological polar surface area (TPSA) is 84.9 Å². The molecule has 0 heterocycles. The molecule has 0 aliphatic heterocycles. The van der Waals surface area contributed by atoms with Gasteiger partial charge in [0.15, 0.2) is 6.61 Å². The summed E-state index contributed by atoms with van der Waals surface area (Å²) < 4.78 is 10.7. The van der Waals surface area contributed by atoms with Gasteiger partial charge in [0.2, 0.25) is 0 Å². The minimum atomic E-state index is -0.692. The van der Waals surface area contributed by atoms with Crippen molar-refractivity contribution in [2.45, 2.75) is 20.4 Å². The highest BCUT2D eigenvalue weighted by molar-refractivity contribution is 6.08. The number of ether oxygens (including phenoxy) is 2. The second-order valence-corrected chi connectivity index (χ2v) is 7.77. The number of hydrogen-bond acceptors (Lipinski definition) is 5. The number of rotatable bonds is 9. The fraction of sp³-hybridized carbons (Fsp3) is 0.222. The first-order valence-corrected chi connectivity index (χ1v) is 11.0. The highest BCUT2D eigenvalue weighted by Crippen LogP contribution is 2.18. The summed E-state index contributed by atoms with van der Waals surface area (Å²) in [6.45, 7) is 4.35. The molecule has 0 aliphatic rings. The quantitative estimate of drug-likeness (QED) is 0.477.